The van der Waals surface area contributed by atoms with E-state index in [1.54, 1.807) is 58.2 Å². The molecule has 1 aliphatic rings. The summed E-state index contributed by atoms with van der Waals surface area (Å²) in [6, 6.07) is 11.0. The van der Waals surface area contributed by atoms with Crippen LogP contribution in [0.4, 0.5) is 0 Å². The first-order valence-corrected chi connectivity index (χ1v) is 12.9. The Hall–Kier alpha value is -4.08. The maximum atomic E-state index is 13.6. The minimum atomic E-state index is -1.00. The van der Waals surface area contributed by atoms with Gasteiger partial charge in [-0.05, 0) is 70.0 Å². The maximum Gasteiger partial charge on any atom is 0.325 e. The molecule has 2 N–H and O–H groups in total. The van der Waals surface area contributed by atoms with Crippen LogP contribution < -0.4 is 20.1 Å². The van der Waals surface area contributed by atoms with Gasteiger partial charge in [0.1, 0.15) is 36.3 Å². The summed E-state index contributed by atoms with van der Waals surface area (Å²) < 4.78 is 16.7. The zero-order chi connectivity index (χ0) is 28.7. The number of hydrogen-bond donors (Lipinski definition) is 2. The van der Waals surface area contributed by atoms with Crippen molar-refractivity contribution in [1.29, 1.82) is 0 Å². The number of rotatable bonds is 4. The highest BCUT2D eigenvalue weighted by atomic mass is 16.6. The summed E-state index contributed by atoms with van der Waals surface area (Å²) in [6.45, 7) is 6.86. The Morgan fingerprint density at radius 1 is 1.13 bits per heavy atom. The van der Waals surface area contributed by atoms with Crippen molar-refractivity contribution in [1.82, 2.24) is 15.5 Å². The lowest BCUT2D eigenvalue weighted by Crippen LogP contribution is -2.49. The number of nitrogens with zero attached hydrogens (tertiary/aromatic N) is 1. The average molecular weight is 540 g/mol. The van der Waals surface area contributed by atoms with Crippen molar-refractivity contribution in [2.75, 3.05) is 27.3 Å². The molecule has 0 radical (unpaired) electrons. The Bertz CT molecular complexity index is 1220. The summed E-state index contributed by atoms with van der Waals surface area (Å²) in [5.41, 5.74) is 1.08. The number of amides is 3. The number of nitrogens with one attached hydrogen (secondary N) is 2. The summed E-state index contributed by atoms with van der Waals surface area (Å²) in [5, 5.41) is 5.43. The molecule has 0 saturated carbocycles. The Morgan fingerprint density at radius 3 is 2.54 bits per heavy atom. The van der Waals surface area contributed by atoms with Gasteiger partial charge in [0.05, 0.1) is 13.2 Å². The number of hydrogen-bond acceptors (Lipinski definition) is 7. The topological polar surface area (TPSA) is 123 Å². The van der Waals surface area contributed by atoms with Gasteiger partial charge in [-0.1, -0.05) is 12.1 Å². The normalized spacial score (nSPS) is 18.5. The molecule has 3 amide bonds. The van der Waals surface area contributed by atoms with Crippen LogP contribution in [0.2, 0.25) is 0 Å². The van der Waals surface area contributed by atoms with Gasteiger partial charge in [-0.15, -0.1) is 0 Å². The Morgan fingerprint density at radius 2 is 1.85 bits per heavy atom. The van der Waals surface area contributed by atoms with Gasteiger partial charge in [-0.25, -0.2) is 0 Å². The summed E-state index contributed by atoms with van der Waals surface area (Å²) >= 11 is 0. The van der Waals surface area contributed by atoms with E-state index >= 15 is 0 Å². The highest BCUT2D eigenvalue weighted by Gasteiger charge is 2.30. The molecule has 2 atom stereocenters. The number of carbonyl (C=O) groups excluding carboxylic acids is 4. The van der Waals surface area contributed by atoms with E-state index in [1.165, 1.54) is 11.9 Å². The molecule has 3 rings (SSSR count). The molecule has 0 fully saturated rings. The standard InChI is InChI=1S/C29H37N3O7/c1-18-17-38-24-12-10-21(37-6)15-22(24)19-8-7-9-20(14-19)28(36)32(5)23(11-13-25(33)31-18)27(35)30-16-26(34)39-29(2,3)4/h7-10,12,14-15,18,23H,11,13,16-17H2,1-6H3,(H,30,35)(H,31,33)/t18-,23+/m1/s1. The molecule has 39 heavy (non-hydrogen) atoms. The Kier molecular flexibility index (Phi) is 9.56. The van der Waals surface area contributed by atoms with Crippen LogP contribution in [0.3, 0.4) is 0 Å². The number of benzene rings is 2. The molecule has 10 nitrogen and oxygen atoms in total. The number of fused-ring (bicyclic) bond motifs is 4. The van der Waals surface area contributed by atoms with E-state index < -0.39 is 29.4 Å². The zero-order valence-corrected chi connectivity index (χ0v) is 23.3. The lowest BCUT2D eigenvalue weighted by Gasteiger charge is -2.28. The fraction of sp³-hybridized carbons (Fsp3) is 0.448. The molecule has 1 aliphatic heterocycles. The summed E-state index contributed by atoms with van der Waals surface area (Å²) in [7, 11) is 3.07. The molecular weight excluding hydrogens is 502 g/mol. The number of likely N-dealkylation sites (N-methyl/N-ethyl adjacent to an activating group) is 1. The van der Waals surface area contributed by atoms with Crippen molar-refractivity contribution < 1.29 is 33.4 Å². The SMILES string of the molecule is COc1ccc2c(c1)-c1cccc(c1)C(=O)N(C)[C@H](C(=O)NCC(=O)OC(C)(C)C)CCC(=O)N[C@H](C)CO2. The molecule has 1 heterocycles. The van der Waals surface area contributed by atoms with Crippen LogP contribution in [0.5, 0.6) is 11.5 Å². The lowest BCUT2D eigenvalue weighted by atomic mass is 10.0. The van der Waals surface area contributed by atoms with Gasteiger partial charge in [-0.2, -0.15) is 0 Å². The van der Waals surface area contributed by atoms with Crippen LogP contribution in [0, 0.1) is 0 Å². The third-order valence-electron chi connectivity index (χ3n) is 6.07. The molecule has 0 aromatic heterocycles. The van der Waals surface area contributed by atoms with Crippen molar-refractivity contribution in [3.63, 3.8) is 0 Å². The van der Waals surface area contributed by atoms with Gasteiger partial charge < -0.3 is 29.7 Å². The van der Waals surface area contributed by atoms with Crippen LogP contribution in [0.1, 0.15) is 50.9 Å². The van der Waals surface area contributed by atoms with E-state index in [0.717, 1.165) is 5.56 Å². The highest BCUT2D eigenvalue weighted by Crippen LogP contribution is 2.34. The highest BCUT2D eigenvalue weighted by molar-refractivity contribution is 5.99. The fourth-order valence-electron chi connectivity index (χ4n) is 4.18. The largest absolute Gasteiger partial charge is 0.497 e. The first-order chi connectivity index (χ1) is 18.4. The monoisotopic (exact) mass is 539 g/mol. The minimum absolute atomic E-state index is 0.0136. The molecule has 2 aromatic rings. The molecule has 10 heteroatoms. The van der Waals surface area contributed by atoms with E-state index in [0.29, 0.717) is 22.6 Å². The molecule has 0 spiro atoms. The molecule has 2 bridgehead atoms. The molecule has 0 saturated heterocycles. The first kappa shape index (κ1) is 29.5. The molecule has 0 unspecified atom stereocenters. The zero-order valence-electron chi connectivity index (χ0n) is 23.3. The van der Waals surface area contributed by atoms with E-state index in [1.807, 2.05) is 19.1 Å². The molecule has 210 valence electrons. The molecule has 2 aromatic carbocycles. The Labute approximate surface area is 229 Å². The number of methoxy groups -OCH3 is 1. The van der Waals surface area contributed by atoms with Crippen molar-refractivity contribution in [3.05, 3.63) is 48.0 Å². The van der Waals surface area contributed by atoms with Crippen LogP contribution in [0.15, 0.2) is 42.5 Å². The lowest BCUT2D eigenvalue weighted by molar-refractivity contribution is -0.154. The smallest absolute Gasteiger partial charge is 0.325 e. The number of esters is 1. The van der Waals surface area contributed by atoms with Gasteiger partial charge in [0, 0.05) is 24.6 Å². The van der Waals surface area contributed by atoms with E-state index in [2.05, 4.69) is 10.6 Å². The van der Waals surface area contributed by atoms with E-state index in [-0.39, 0.29) is 37.9 Å². The summed E-state index contributed by atoms with van der Waals surface area (Å²) in [6.07, 6.45) is 0.0409. The summed E-state index contributed by atoms with van der Waals surface area (Å²) in [5.74, 6) is -0.673. The third kappa shape index (κ3) is 8.20. The van der Waals surface area contributed by atoms with Crippen molar-refractivity contribution in [2.24, 2.45) is 0 Å². The fourth-order valence-corrected chi connectivity index (χ4v) is 4.18. The maximum absolute atomic E-state index is 13.6. The van der Waals surface area contributed by atoms with Crippen molar-refractivity contribution >= 4 is 23.7 Å². The van der Waals surface area contributed by atoms with Crippen molar-refractivity contribution in [3.8, 4) is 22.6 Å². The third-order valence-corrected chi connectivity index (χ3v) is 6.07. The Balaban J connectivity index is 1.95. The number of carbonyl (C=O) groups is 4. The van der Waals surface area contributed by atoms with E-state index in [4.69, 9.17) is 14.2 Å². The van der Waals surface area contributed by atoms with Crippen molar-refractivity contribution in [2.45, 2.75) is 58.2 Å². The number of ether oxygens (including phenoxy) is 3. The average Bonchev–Trinajstić information content (AvgIpc) is 2.88. The van der Waals surface area contributed by atoms with Gasteiger partial charge in [0.25, 0.3) is 5.91 Å². The van der Waals surface area contributed by atoms with Gasteiger partial charge >= 0.3 is 5.97 Å². The second kappa shape index (κ2) is 12.6. The molecule has 0 aliphatic carbocycles. The van der Waals surface area contributed by atoms with Gasteiger partial charge in [-0.3, -0.25) is 19.2 Å². The summed E-state index contributed by atoms with van der Waals surface area (Å²) in [4.78, 5) is 52.9. The second-order valence-corrected chi connectivity index (χ2v) is 10.5. The van der Waals surface area contributed by atoms with Gasteiger partial charge in [0.15, 0.2) is 0 Å². The van der Waals surface area contributed by atoms with E-state index in [9.17, 15) is 19.2 Å². The predicted octanol–water partition coefficient (Wildman–Crippen LogP) is 2.94. The van der Waals surface area contributed by atoms with Crippen LogP contribution in [0.25, 0.3) is 11.1 Å². The second-order valence-electron chi connectivity index (χ2n) is 10.5. The van der Waals surface area contributed by atoms with Crippen LogP contribution in [-0.2, 0) is 19.1 Å². The first-order valence-electron chi connectivity index (χ1n) is 12.9. The predicted molar refractivity (Wildman–Crippen MR) is 145 cm³/mol. The molecular formula is C29H37N3O7. The van der Waals surface area contributed by atoms with Crippen LogP contribution >= 0.6 is 0 Å². The minimum Gasteiger partial charge on any atom is -0.497 e. The van der Waals surface area contributed by atoms with Gasteiger partial charge in [0.2, 0.25) is 11.8 Å². The van der Waals surface area contributed by atoms with Crippen LogP contribution in [-0.4, -0.2) is 73.6 Å². The quantitative estimate of drug-likeness (QED) is 0.573.